The van der Waals surface area contributed by atoms with E-state index in [1.165, 1.54) is 11.1 Å². The van der Waals surface area contributed by atoms with E-state index < -0.39 is 0 Å². The Morgan fingerprint density at radius 2 is 2.10 bits per heavy atom. The number of likely N-dealkylation sites (N-methyl/N-ethyl adjacent to an activating group) is 1. The van der Waals surface area contributed by atoms with Crippen LogP contribution in [0.3, 0.4) is 0 Å². The van der Waals surface area contributed by atoms with Crippen LogP contribution in [0.5, 0.6) is 11.5 Å². The zero-order valence-electron chi connectivity index (χ0n) is 13.1. The van der Waals surface area contributed by atoms with Crippen molar-refractivity contribution < 1.29 is 14.6 Å². The summed E-state index contributed by atoms with van der Waals surface area (Å²) in [6.45, 7) is 6.36. The number of benzene rings is 1. The zero-order valence-corrected chi connectivity index (χ0v) is 13.1. The molecule has 1 atom stereocenters. The van der Waals surface area contributed by atoms with Crippen molar-refractivity contribution >= 4 is 0 Å². The Hall–Kier alpha value is -1.94. The van der Waals surface area contributed by atoms with Crippen LogP contribution in [0.25, 0.3) is 0 Å². The number of aliphatic hydroxyl groups excluding tert-OH is 1. The number of nitrogens with zero attached hydrogens (tertiary/aromatic N) is 1. The summed E-state index contributed by atoms with van der Waals surface area (Å²) in [5, 5.41) is 9.37. The summed E-state index contributed by atoms with van der Waals surface area (Å²) in [5.41, 5.74) is 3.52. The summed E-state index contributed by atoms with van der Waals surface area (Å²) in [5.74, 6) is 1.76. The quantitative estimate of drug-likeness (QED) is 0.683. The summed E-state index contributed by atoms with van der Waals surface area (Å²) in [6, 6.07) is 4.22. The number of fused-ring (bicyclic) bond motifs is 1. The zero-order chi connectivity index (χ0) is 15.6. The van der Waals surface area contributed by atoms with Gasteiger partial charge in [0.1, 0.15) is 17.3 Å². The molecule has 1 aliphatic rings. The molecule has 0 saturated heterocycles. The van der Waals surface area contributed by atoms with E-state index in [9.17, 15) is 5.11 Å². The van der Waals surface area contributed by atoms with Crippen LogP contribution in [0.15, 0.2) is 36.1 Å². The van der Waals surface area contributed by atoms with Gasteiger partial charge in [0, 0.05) is 24.2 Å². The Kier molecular flexibility index (Phi) is 4.58. The lowest BCUT2D eigenvalue weighted by molar-refractivity contribution is 0.237. The van der Waals surface area contributed by atoms with Crippen LogP contribution in [-0.2, 0) is 13.0 Å². The van der Waals surface area contributed by atoms with Gasteiger partial charge in [-0.2, -0.15) is 0 Å². The van der Waals surface area contributed by atoms with Gasteiger partial charge in [-0.3, -0.25) is 4.90 Å². The highest BCUT2D eigenvalue weighted by molar-refractivity contribution is 5.48. The molecule has 0 amide bonds. The van der Waals surface area contributed by atoms with E-state index in [1.54, 1.807) is 20.3 Å². The second-order valence-electron chi connectivity index (χ2n) is 5.48. The van der Waals surface area contributed by atoms with E-state index in [2.05, 4.69) is 24.6 Å². The molecule has 1 aromatic rings. The van der Waals surface area contributed by atoms with E-state index in [4.69, 9.17) is 9.47 Å². The minimum absolute atomic E-state index is 0.0925. The number of hydrogen-bond acceptors (Lipinski definition) is 4. The lowest BCUT2D eigenvalue weighted by Crippen LogP contribution is -2.38. The molecule has 0 aliphatic carbocycles. The van der Waals surface area contributed by atoms with Crippen molar-refractivity contribution in [3.63, 3.8) is 0 Å². The SMILES string of the molecule is C=C(O)/C=C(\C)[C@@H]1Cc2cc(OC)cc(OC)c2CN1C. The van der Waals surface area contributed by atoms with Gasteiger partial charge < -0.3 is 14.6 Å². The average Bonchev–Trinajstić information content (AvgIpc) is 2.44. The molecule has 4 nitrogen and oxygen atoms in total. The van der Waals surface area contributed by atoms with Gasteiger partial charge in [0.2, 0.25) is 0 Å². The molecular weight excluding hydrogens is 266 g/mol. The fourth-order valence-corrected chi connectivity index (χ4v) is 2.93. The van der Waals surface area contributed by atoms with Crippen molar-refractivity contribution in [2.45, 2.75) is 25.9 Å². The lowest BCUT2D eigenvalue weighted by atomic mass is 9.89. The molecule has 0 saturated carbocycles. The number of ether oxygens (including phenoxy) is 2. The van der Waals surface area contributed by atoms with Crippen LogP contribution in [0, 0.1) is 0 Å². The fraction of sp³-hybridized carbons (Fsp3) is 0.412. The molecule has 2 rings (SSSR count). The van der Waals surface area contributed by atoms with Crippen molar-refractivity contribution in [1.82, 2.24) is 4.90 Å². The molecule has 0 radical (unpaired) electrons. The molecule has 1 aromatic carbocycles. The van der Waals surface area contributed by atoms with Gasteiger partial charge in [-0.1, -0.05) is 12.2 Å². The first-order chi connectivity index (χ1) is 9.96. The highest BCUT2D eigenvalue weighted by atomic mass is 16.5. The smallest absolute Gasteiger partial charge is 0.127 e. The fourth-order valence-electron chi connectivity index (χ4n) is 2.93. The molecule has 1 N–H and O–H groups in total. The average molecular weight is 289 g/mol. The monoisotopic (exact) mass is 289 g/mol. The normalized spacial score (nSPS) is 19.0. The summed E-state index contributed by atoms with van der Waals surface area (Å²) in [4.78, 5) is 2.26. The number of aliphatic hydroxyl groups is 1. The molecule has 0 unspecified atom stereocenters. The van der Waals surface area contributed by atoms with Gasteiger partial charge in [0.25, 0.3) is 0 Å². The van der Waals surface area contributed by atoms with Crippen LogP contribution < -0.4 is 9.47 Å². The Bertz CT molecular complexity index is 578. The van der Waals surface area contributed by atoms with Crippen LogP contribution in [0.4, 0.5) is 0 Å². The van der Waals surface area contributed by atoms with Crippen LogP contribution in [-0.4, -0.2) is 37.3 Å². The Morgan fingerprint density at radius 3 is 2.67 bits per heavy atom. The number of hydrogen-bond donors (Lipinski definition) is 1. The number of rotatable bonds is 4. The molecular formula is C17H23NO3. The van der Waals surface area contributed by atoms with E-state index in [0.717, 1.165) is 30.0 Å². The van der Waals surface area contributed by atoms with Gasteiger partial charge >= 0.3 is 0 Å². The summed E-state index contributed by atoms with van der Waals surface area (Å²) in [6.07, 6.45) is 2.58. The molecule has 21 heavy (non-hydrogen) atoms. The predicted molar refractivity (Wildman–Crippen MR) is 84.0 cm³/mol. The van der Waals surface area contributed by atoms with Crippen LogP contribution >= 0.6 is 0 Å². The Labute approximate surface area is 126 Å². The van der Waals surface area contributed by atoms with E-state index >= 15 is 0 Å². The summed E-state index contributed by atoms with van der Waals surface area (Å²) >= 11 is 0. The number of methoxy groups -OCH3 is 2. The van der Waals surface area contributed by atoms with Crippen molar-refractivity contribution in [3.05, 3.63) is 47.2 Å². The highest BCUT2D eigenvalue weighted by Crippen LogP contribution is 2.35. The van der Waals surface area contributed by atoms with E-state index in [-0.39, 0.29) is 11.8 Å². The predicted octanol–water partition coefficient (Wildman–Crippen LogP) is 3.08. The molecule has 114 valence electrons. The first kappa shape index (κ1) is 15.4. The second kappa shape index (κ2) is 6.22. The number of allylic oxidation sites excluding steroid dienone is 1. The summed E-state index contributed by atoms with van der Waals surface area (Å²) < 4.78 is 10.8. The molecule has 4 heteroatoms. The minimum atomic E-state index is 0.0925. The lowest BCUT2D eigenvalue weighted by Gasteiger charge is -2.35. The van der Waals surface area contributed by atoms with Crippen molar-refractivity contribution in [2.24, 2.45) is 0 Å². The highest BCUT2D eigenvalue weighted by Gasteiger charge is 2.27. The topological polar surface area (TPSA) is 41.9 Å². The summed E-state index contributed by atoms with van der Waals surface area (Å²) in [7, 11) is 5.42. The third kappa shape index (κ3) is 3.22. The van der Waals surface area contributed by atoms with Crippen molar-refractivity contribution in [3.8, 4) is 11.5 Å². The molecule has 0 bridgehead atoms. The molecule has 0 fully saturated rings. The molecule has 1 heterocycles. The maximum Gasteiger partial charge on any atom is 0.127 e. The van der Waals surface area contributed by atoms with Gasteiger partial charge in [-0.25, -0.2) is 0 Å². The molecule has 0 aromatic heterocycles. The van der Waals surface area contributed by atoms with Gasteiger partial charge in [0.05, 0.1) is 14.2 Å². The standard InChI is InChI=1S/C17H23NO3/c1-11(6-12(2)19)16-8-13-7-14(20-4)9-17(21-5)15(13)10-18(16)3/h6-7,9,16,19H,2,8,10H2,1,3-5H3/b11-6+/t16-/m0/s1. The first-order valence-electron chi connectivity index (χ1n) is 6.96. The first-order valence-corrected chi connectivity index (χ1v) is 6.96. The van der Waals surface area contributed by atoms with E-state index in [1.807, 2.05) is 13.0 Å². The Balaban J connectivity index is 2.40. The van der Waals surface area contributed by atoms with Crippen molar-refractivity contribution in [1.29, 1.82) is 0 Å². The third-order valence-corrected chi connectivity index (χ3v) is 4.00. The molecule has 1 aliphatic heterocycles. The van der Waals surface area contributed by atoms with Gasteiger partial charge in [-0.15, -0.1) is 0 Å². The largest absolute Gasteiger partial charge is 0.509 e. The van der Waals surface area contributed by atoms with Gasteiger partial charge in [0.15, 0.2) is 0 Å². The minimum Gasteiger partial charge on any atom is -0.509 e. The van der Waals surface area contributed by atoms with E-state index in [0.29, 0.717) is 0 Å². The van der Waals surface area contributed by atoms with Crippen molar-refractivity contribution in [2.75, 3.05) is 21.3 Å². The molecule has 0 spiro atoms. The Morgan fingerprint density at radius 1 is 1.38 bits per heavy atom. The third-order valence-electron chi connectivity index (χ3n) is 4.00. The van der Waals surface area contributed by atoms with Crippen LogP contribution in [0.1, 0.15) is 18.1 Å². The van der Waals surface area contributed by atoms with Crippen LogP contribution in [0.2, 0.25) is 0 Å². The second-order valence-corrected chi connectivity index (χ2v) is 5.48. The maximum absolute atomic E-state index is 9.37. The van der Waals surface area contributed by atoms with Gasteiger partial charge in [-0.05, 0) is 38.1 Å². The maximum atomic E-state index is 9.37.